The van der Waals surface area contributed by atoms with Crippen molar-refractivity contribution in [2.75, 3.05) is 0 Å². The molecule has 0 atom stereocenters. The zero-order valence-corrected chi connectivity index (χ0v) is 7.54. The fraction of sp³-hybridized carbons (Fsp3) is 0. The molecule has 1 rings (SSSR count). The molecule has 0 aliphatic heterocycles. The molecule has 0 spiro atoms. The molecular weight excluding hydrogens is 212 g/mol. The summed E-state index contributed by atoms with van der Waals surface area (Å²) in [6.07, 6.45) is 1.32. The van der Waals surface area contributed by atoms with Gasteiger partial charge >= 0.3 is 0 Å². The molecule has 1 aromatic rings. The third-order valence-corrected chi connectivity index (χ3v) is 2.70. The van der Waals surface area contributed by atoms with Crippen LogP contribution in [0.25, 0.3) is 0 Å². The lowest BCUT2D eigenvalue weighted by atomic mass is 10.3. The van der Waals surface area contributed by atoms with Crippen molar-refractivity contribution in [1.82, 2.24) is 0 Å². The number of allylic oxidation sites excluding steroid dienone is 1. The lowest BCUT2D eigenvalue weighted by molar-refractivity contribution is 0.105. The lowest BCUT2D eigenvalue weighted by Gasteiger charge is -1.82. The predicted molar refractivity (Wildman–Crippen MR) is 46.5 cm³/mol. The van der Waals surface area contributed by atoms with E-state index < -0.39 is 0 Å². The van der Waals surface area contributed by atoms with Gasteiger partial charge in [-0.05, 0) is 28.1 Å². The van der Waals surface area contributed by atoms with Gasteiger partial charge in [0.15, 0.2) is 5.78 Å². The van der Waals surface area contributed by atoms with Crippen molar-refractivity contribution in [2.24, 2.45) is 0 Å². The second kappa shape index (κ2) is 3.12. The van der Waals surface area contributed by atoms with Crippen LogP contribution in [0.1, 0.15) is 9.67 Å². The first-order valence-electron chi connectivity index (χ1n) is 2.65. The van der Waals surface area contributed by atoms with E-state index in [1.807, 2.05) is 5.38 Å². The monoisotopic (exact) mass is 216 g/mol. The van der Waals surface area contributed by atoms with E-state index in [1.54, 1.807) is 6.07 Å². The van der Waals surface area contributed by atoms with Crippen LogP contribution < -0.4 is 0 Å². The van der Waals surface area contributed by atoms with Gasteiger partial charge in [0.25, 0.3) is 0 Å². The summed E-state index contributed by atoms with van der Waals surface area (Å²) in [5.74, 6) is -0.0179. The Morgan fingerprint density at radius 1 is 1.80 bits per heavy atom. The summed E-state index contributed by atoms with van der Waals surface area (Å²) >= 11 is 4.67. The van der Waals surface area contributed by atoms with Crippen LogP contribution in [0.2, 0.25) is 0 Å². The highest BCUT2D eigenvalue weighted by molar-refractivity contribution is 9.10. The van der Waals surface area contributed by atoms with Crippen molar-refractivity contribution in [3.8, 4) is 0 Å². The Morgan fingerprint density at radius 3 is 2.90 bits per heavy atom. The molecule has 0 fully saturated rings. The minimum absolute atomic E-state index is 0.0179. The van der Waals surface area contributed by atoms with Gasteiger partial charge < -0.3 is 0 Å². The Bertz CT molecular complexity index is 264. The molecule has 0 aliphatic rings. The maximum atomic E-state index is 10.9. The number of rotatable bonds is 2. The van der Waals surface area contributed by atoms with E-state index in [9.17, 15) is 4.79 Å². The fourth-order valence-electron chi connectivity index (χ4n) is 0.543. The van der Waals surface area contributed by atoms with E-state index in [1.165, 1.54) is 17.4 Å². The number of thiophene rings is 1. The van der Waals surface area contributed by atoms with Crippen LogP contribution >= 0.6 is 27.3 Å². The quantitative estimate of drug-likeness (QED) is 0.549. The van der Waals surface area contributed by atoms with Gasteiger partial charge in [-0.15, -0.1) is 11.3 Å². The maximum absolute atomic E-state index is 10.9. The molecule has 0 bridgehead atoms. The average molecular weight is 217 g/mol. The molecular formula is C7H5BrOS. The number of halogens is 1. The van der Waals surface area contributed by atoms with Crippen molar-refractivity contribution in [2.45, 2.75) is 0 Å². The number of carbonyl (C=O) groups is 1. The van der Waals surface area contributed by atoms with Crippen LogP contribution in [0, 0.1) is 0 Å². The smallest absolute Gasteiger partial charge is 0.195 e. The SMILES string of the molecule is C=CC(=O)c1cc(Br)cs1. The average Bonchev–Trinajstić information content (AvgIpc) is 2.34. The number of ketones is 1. The minimum Gasteiger partial charge on any atom is -0.288 e. The Hall–Kier alpha value is -0.410. The Morgan fingerprint density at radius 2 is 2.50 bits per heavy atom. The molecule has 1 heterocycles. The van der Waals surface area contributed by atoms with Crippen LogP contribution in [-0.2, 0) is 0 Å². The lowest BCUT2D eigenvalue weighted by Crippen LogP contribution is -1.86. The van der Waals surface area contributed by atoms with Crippen LogP contribution in [0.3, 0.4) is 0 Å². The summed E-state index contributed by atoms with van der Waals surface area (Å²) in [5, 5.41) is 1.87. The first-order chi connectivity index (χ1) is 4.74. The molecule has 0 aliphatic carbocycles. The van der Waals surface area contributed by atoms with E-state index >= 15 is 0 Å². The third-order valence-electron chi connectivity index (χ3n) is 0.996. The van der Waals surface area contributed by atoms with Gasteiger partial charge in [-0.1, -0.05) is 6.58 Å². The van der Waals surface area contributed by atoms with E-state index in [2.05, 4.69) is 22.5 Å². The molecule has 0 saturated carbocycles. The van der Waals surface area contributed by atoms with Crippen LogP contribution in [0.4, 0.5) is 0 Å². The van der Waals surface area contributed by atoms with Crippen LogP contribution in [0.5, 0.6) is 0 Å². The normalized spacial score (nSPS) is 9.30. The van der Waals surface area contributed by atoms with Gasteiger partial charge in [-0.3, -0.25) is 4.79 Å². The predicted octanol–water partition coefficient (Wildman–Crippen LogP) is 2.88. The molecule has 0 amide bonds. The fourth-order valence-corrected chi connectivity index (χ4v) is 1.91. The van der Waals surface area contributed by atoms with Crippen molar-refractivity contribution >= 4 is 33.0 Å². The highest BCUT2D eigenvalue weighted by Gasteiger charge is 2.02. The topological polar surface area (TPSA) is 17.1 Å². The van der Waals surface area contributed by atoms with Gasteiger partial charge in [0.05, 0.1) is 4.88 Å². The highest BCUT2D eigenvalue weighted by atomic mass is 79.9. The molecule has 0 unspecified atom stereocenters. The second-order valence-corrected chi connectivity index (χ2v) is 3.52. The zero-order valence-electron chi connectivity index (χ0n) is 5.13. The zero-order chi connectivity index (χ0) is 7.56. The molecule has 10 heavy (non-hydrogen) atoms. The van der Waals surface area contributed by atoms with Crippen molar-refractivity contribution in [3.05, 3.63) is 33.5 Å². The van der Waals surface area contributed by atoms with E-state index in [0.717, 1.165) is 9.35 Å². The summed E-state index contributed by atoms with van der Waals surface area (Å²) in [6, 6.07) is 1.79. The molecule has 1 nitrogen and oxygen atoms in total. The first kappa shape index (κ1) is 7.69. The Balaban J connectivity index is 2.95. The standard InChI is InChI=1S/C7H5BrOS/c1-2-6(9)7-3-5(8)4-10-7/h2-4H,1H2. The number of hydrogen-bond acceptors (Lipinski definition) is 2. The van der Waals surface area contributed by atoms with Gasteiger partial charge in [0.2, 0.25) is 0 Å². The molecule has 0 radical (unpaired) electrons. The summed E-state index contributed by atoms with van der Waals surface area (Å²) in [5.41, 5.74) is 0. The van der Waals surface area contributed by atoms with Gasteiger partial charge in [-0.2, -0.15) is 0 Å². The Kier molecular flexibility index (Phi) is 2.40. The molecule has 1 aromatic heterocycles. The molecule has 0 aromatic carbocycles. The van der Waals surface area contributed by atoms with Crippen molar-refractivity contribution < 1.29 is 4.79 Å². The van der Waals surface area contributed by atoms with Gasteiger partial charge in [0.1, 0.15) is 0 Å². The second-order valence-electron chi connectivity index (χ2n) is 1.70. The van der Waals surface area contributed by atoms with Gasteiger partial charge in [-0.25, -0.2) is 0 Å². The molecule has 0 saturated heterocycles. The van der Waals surface area contributed by atoms with Gasteiger partial charge in [0, 0.05) is 9.85 Å². The summed E-state index contributed by atoms with van der Waals surface area (Å²) in [4.78, 5) is 11.6. The molecule has 0 N–H and O–H groups in total. The summed E-state index contributed by atoms with van der Waals surface area (Å²) in [7, 11) is 0. The Labute approximate surface area is 71.5 Å². The first-order valence-corrected chi connectivity index (χ1v) is 4.32. The summed E-state index contributed by atoms with van der Waals surface area (Å²) < 4.78 is 0.947. The highest BCUT2D eigenvalue weighted by Crippen LogP contribution is 2.19. The maximum Gasteiger partial charge on any atom is 0.195 e. The molecule has 52 valence electrons. The number of carbonyl (C=O) groups excluding carboxylic acids is 1. The largest absolute Gasteiger partial charge is 0.288 e. The van der Waals surface area contributed by atoms with Crippen molar-refractivity contribution in [3.63, 3.8) is 0 Å². The minimum atomic E-state index is -0.0179. The third kappa shape index (κ3) is 1.55. The van der Waals surface area contributed by atoms with E-state index in [4.69, 9.17) is 0 Å². The number of hydrogen-bond donors (Lipinski definition) is 0. The van der Waals surface area contributed by atoms with Crippen LogP contribution in [0.15, 0.2) is 28.6 Å². The van der Waals surface area contributed by atoms with E-state index in [-0.39, 0.29) is 5.78 Å². The summed E-state index contributed by atoms with van der Waals surface area (Å²) in [6.45, 7) is 3.39. The van der Waals surface area contributed by atoms with E-state index in [0.29, 0.717) is 0 Å². The van der Waals surface area contributed by atoms with Crippen molar-refractivity contribution in [1.29, 1.82) is 0 Å². The van der Waals surface area contributed by atoms with Crippen LogP contribution in [-0.4, -0.2) is 5.78 Å². The molecule has 3 heteroatoms.